The van der Waals surface area contributed by atoms with Gasteiger partial charge in [-0.25, -0.2) is 19.4 Å². The first-order chi connectivity index (χ1) is 18.6. The molecule has 0 spiro atoms. The van der Waals surface area contributed by atoms with E-state index in [0.717, 1.165) is 25.9 Å². The van der Waals surface area contributed by atoms with Crippen LogP contribution in [0.25, 0.3) is 0 Å². The van der Waals surface area contributed by atoms with Gasteiger partial charge in [0.1, 0.15) is 11.6 Å². The van der Waals surface area contributed by atoms with E-state index in [2.05, 4.69) is 41.1 Å². The second kappa shape index (κ2) is 12.7. The van der Waals surface area contributed by atoms with Gasteiger partial charge in [0.2, 0.25) is 17.8 Å². The Balaban J connectivity index is 1.68. The van der Waals surface area contributed by atoms with Crippen LogP contribution in [0.4, 0.5) is 21.8 Å². The average molecular weight is 580 g/mol. The van der Waals surface area contributed by atoms with Crippen LogP contribution >= 0.6 is 23.2 Å². The number of rotatable bonds is 7. The number of anilines is 3. The summed E-state index contributed by atoms with van der Waals surface area (Å²) in [6, 6.07) is 3.19. The molecular weight excluding hydrogens is 542 g/mol. The normalized spacial score (nSPS) is 22.6. The number of carbonyl (C=O) groups is 1. The first-order valence-corrected chi connectivity index (χ1v) is 14.2. The Morgan fingerprint density at radius 3 is 2.56 bits per heavy atom. The molecule has 4 rings (SSSR count). The van der Waals surface area contributed by atoms with Crippen LogP contribution in [-0.2, 0) is 4.79 Å². The Labute approximate surface area is 239 Å². The van der Waals surface area contributed by atoms with Crippen molar-refractivity contribution in [2.75, 3.05) is 23.7 Å². The molecule has 2 heterocycles. The predicted molar refractivity (Wildman–Crippen MR) is 157 cm³/mol. The van der Waals surface area contributed by atoms with E-state index in [1.165, 1.54) is 12.1 Å². The van der Waals surface area contributed by atoms with Crippen LogP contribution in [-0.4, -0.2) is 58.2 Å². The molecule has 2 aromatic rings. The van der Waals surface area contributed by atoms with Gasteiger partial charge in [-0.2, -0.15) is 0 Å². The van der Waals surface area contributed by atoms with Crippen LogP contribution in [0.2, 0.25) is 10.0 Å². The number of nitrogens with one attached hydrogen (secondary N) is 2. The number of nitrogens with two attached hydrogens (primary N) is 1. The van der Waals surface area contributed by atoms with Crippen molar-refractivity contribution in [2.24, 2.45) is 21.6 Å². The molecule has 1 aliphatic heterocycles. The highest BCUT2D eigenvalue weighted by Crippen LogP contribution is 2.40. The van der Waals surface area contributed by atoms with E-state index < -0.39 is 5.82 Å². The highest BCUT2D eigenvalue weighted by Gasteiger charge is 2.30. The van der Waals surface area contributed by atoms with Crippen molar-refractivity contribution in [1.82, 2.24) is 14.5 Å². The highest BCUT2D eigenvalue weighted by molar-refractivity contribution is 6.36. The van der Waals surface area contributed by atoms with Crippen LogP contribution < -0.4 is 16.4 Å². The summed E-state index contributed by atoms with van der Waals surface area (Å²) in [5.41, 5.74) is 6.33. The number of amides is 1. The van der Waals surface area contributed by atoms with Gasteiger partial charge in [-0.1, -0.05) is 23.2 Å². The Morgan fingerprint density at radius 1 is 1.23 bits per heavy atom. The maximum absolute atomic E-state index is 14.9. The lowest BCUT2D eigenvalue weighted by atomic mass is 9.85. The van der Waals surface area contributed by atoms with E-state index in [4.69, 9.17) is 38.9 Å². The number of likely N-dealkylation sites (tertiary alicyclic amines) is 1. The first-order valence-electron chi connectivity index (χ1n) is 13.4. The maximum atomic E-state index is 14.9. The number of benzene rings is 1. The van der Waals surface area contributed by atoms with E-state index in [1.54, 1.807) is 0 Å². The number of imidazole rings is 1. The van der Waals surface area contributed by atoms with Gasteiger partial charge in [-0.3, -0.25) is 14.3 Å². The molecule has 1 atom stereocenters. The van der Waals surface area contributed by atoms with E-state index in [-0.39, 0.29) is 39.6 Å². The summed E-state index contributed by atoms with van der Waals surface area (Å²) in [6.07, 6.45) is 4.74. The van der Waals surface area contributed by atoms with Crippen LogP contribution in [0.3, 0.4) is 0 Å². The molecule has 1 aromatic heterocycles. The quantitative estimate of drug-likeness (QED) is 0.278. The molecule has 1 amide bonds. The van der Waals surface area contributed by atoms with Crippen LogP contribution in [0, 0.1) is 18.7 Å². The van der Waals surface area contributed by atoms with Crippen molar-refractivity contribution in [1.29, 1.82) is 0 Å². The molecule has 212 valence electrons. The van der Waals surface area contributed by atoms with Gasteiger partial charge in [0.15, 0.2) is 0 Å². The molecule has 9 nitrogen and oxygen atoms in total. The zero-order valence-corrected chi connectivity index (χ0v) is 24.2. The smallest absolute Gasteiger partial charge is 0.223 e. The SMILES string of the molecule is C=NC(=N[C@@H]1CCCN(C(C)C)C1)Nc1c(C)nc(Nc2c(F)cc(Cl)cc2Cl)n1C1CCC(C(N)=O)CC1. The van der Waals surface area contributed by atoms with Crippen molar-refractivity contribution in [3.05, 3.63) is 33.7 Å². The van der Waals surface area contributed by atoms with Gasteiger partial charge in [0.05, 0.1) is 22.4 Å². The summed E-state index contributed by atoms with van der Waals surface area (Å²) in [7, 11) is 0. The number of nitrogens with zero attached hydrogens (tertiary/aromatic N) is 5. The summed E-state index contributed by atoms with van der Waals surface area (Å²) in [5, 5.41) is 6.78. The molecular formula is C27H37Cl2FN8O. The minimum atomic E-state index is -0.589. The standard InChI is InChI=1S/C27H37Cl2FN8O/c1-15(2)37-11-5-6-19(14-37)34-26(32-4)36-25-16(3)33-27(35-23-21(29)12-18(28)13-22(23)30)38(25)20-9-7-17(8-10-20)24(31)39/h12-13,15,17,19-20H,4-11,14H2,1-3H3,(H2,31,39)(H,33,35)(H,34,36)/t17?,19-,20?/m1/s1. The molecule has 0 radical (unpaired) electrons. The summed E-state index contributed by atoms with van der Waals surface area (Å²) < 4.78 is 16.8. The van der Waals surface area contributed by atoms with Gasteiger partial charge in [0, 0.05) is 29.6 Å². The third kappa shape index (κ3) is 6.91. The number of aliphatic imine (C=N–C) groups is 2. The fourth-order valence-corrected chi connectivity index (χ4v) is 6.00. The van der Waals surface area contributed by atoms with Gasteiger partial charge >= 0.3 is 0 Å². The molecule has 2 fully saturated rings. The minimum absolute atomic E-state index is 0.0295. The highest BCUT2D eigenvalue weighted by atomic mass is 35.5. The molecule has 1 aromatic carbocycles. The lowest BCUT2D eigenvalue weighted by Crippen LogP contribution is -2.42. The molecule has 4 N–H and O–H groups in total. The zero-order chi connectivity index (χ0) is 28.3. The third-order valence-electron chi connectivity index (χ3n) is 7.64. The van der Waals surface area contributed by atoms with Crippen molar-refractivity contribution >= 4 is 59.2 Å². The number of aromatic nitrogens is 2. The van der Waals surface area contributed by atoms with Crippen LogP contribution in [0.15, 0.2) is 22.1 Å². The molecule has 39 heavy (non-hydrogen) atoms. The van der Waals surface area contributed by atoms with Crippen molar-refractivity contribution in [3.8, 4) is 0 Å². The molecule has 1 saturated carbocycles. The first kappa shape index (κ1) is 29.3. The Bertz CT molecular complexity index is 1220. The fraction of sp³-hybridized carbons (Fsp3) is 0.556. The number of primary amides is 1. The summed E-state index contributed by atoms with van der Waals surface area (Å²) >= 11 is 12.3. The fourth-order valence-electron chi connectivity index (χ4n) is 5.48. The van der Waals surface area contributed by atoms with Crippen molar-refractivity contribution < 1.29 is 9.18 Å². The second-order valence-corrected chi connectivity index (χ2v) is 11.5. The van der Waals surface area contributed by atoms with Crippen molar-refractivity contribution in [2.45, 2.75) is 77.4 Å². The van der Waals surface area contributed by atoms with E-state index in [9.17, 15) is 9.18 Å². The third-order valence-corrected chi connectivity index (χ3v) is 8.15. The number of hydrogen-bond acceptors (Lipinski definition) is 5. The molecule has 12 heteroatoms. The van der Waals surface area contributed by atoms with Gasteiger partial charge in [0.25, 0.3) is 0 Å². The topological polar surface area (TPSA) is 113 Å². The number of halogens is 3. The Kier molecular flexibility index (Phi) is 9.51. The number of carbonyl (C=O) groups excluding carboxylic acids is 1. The monoisotopic (exact) mass is 578 g/mol. The summed E-state index contributed by atoms with van der Waals surface area (Å²) in [5.74, 6) is 0.455. The second-order valence-electron chi connectivity index (χ2n) is 10.6. The average Bonchev–Trinajstić information content (AvgIpc) is 3.20. The molecule has 1 aliphatic carbocycles. The minimum Gasteiger partial charge on any atom is -0.369 e. The van der Waals surface area contributed by atoms with Crippen LogP contribution in [0.1, 0.15) is 64.1 Å². The van der Waals surface area contributed by atoms with Crippen molar-refractivity contribution in [3.63, 3.8) is 0 Å². The van der Waals surface area contributed by atoms with E-state index in [1.807, 2.05) is 11.5 Å². The number of guanidine groups is 1. The predicted octanol–water partition coefficient (Wildman–Crippen LogP) is 5.94. The lowest BCUT2D eigenvalue weighted by molar-refractivity contribution is -0.122. The molecule has 0 unspecified atom stereocenters. The van der Waals surface area contributed by atoms with E-state index in [0.29, 0.717) is 55.1 Å². The molecule has 2 aliphatic rings. The number of piperidine rings is 1. The largest absolute Gasteiger partial charge is 0.369 e. The zero-order valence-electron chi connectivity index (χ0n) is 22.7. The number of aryl methyl sites for hydroxylation is 1. The Morgan fingerprint density at radius 2 is 1.95 bits per heavy atom. The van der Waals surface area contributed by atoms with Gasteiger partial charge < -0.3 is 16.4 Å². The van der Waals surface area contributed by atoms with Crippen LogP contribution in [0.5, 0.6) is 0 Å². The van der Waals surface area contributed by atoms with E-state index >= 15 is 0 Å². The molecule has 0 bridgehead atoms. The number of hydrogen-bond donors (Lipinski definition) is 3. The maximum Gasteiger partial charge on any atom is 0.223 e. The van der Waals surface area contributed by atoms with Gasteiger partial charge in [-0.05, 0) is 84.7 Å². The summed E-state index contributed by atoms with van der Waals surface area (Å²) in [6.45, 7) is 11.9. The summed E-state index contributed by atoms with van der Waals surface area (Å²) in [4.78, 5) is 28.0. The molecule has 1 saturated heterocycles. The van der Waals surface area contributed by atoms with Gasteiger partial charge in [-0.15, -0.1) is 0 Å². The lowest BCUT2D eigenvalue weighted by Gasteiger charge is -2.34. The Hall–Kier alpha value is -2.69.